The van der Waals surface area contributed by atoms with E-state index in [-0.39, 0.29) is 69.1 Å². The molecule has 6 bridgehead atoms. The number of carbonyl (C=O) groups excluding carboxylic acids is 5. The monoisotopic (exact) mass is 904 g/mol. The number of rotatable bonds is 14. The number of nitrogens with one attached hydrogen (secondary N) is 4. The van der Waals surface area contributed by atoms with Crippen molar-refractivity contribution in [1.29, 1.82) is 0 Å². The summed E-state index contributed by atoms with van der Waals surface area (Å²) in [5.74, 6) is -2.13. The smallest absolute Gasteiger partial charge is 0.324 e. The molecule has 64 heavy (non-hydrogen) atoms. The molecule has 1 fully saturated rings. The maximum Gasteiger partial charge on any atom is 0.324 e. The lowest BCUT2D eigenvalue weighted by atomic mass is 9.84. The highest BCUT2D eigenvalue weighted by molar-refractivity contribution is 6.18. The molecule has 0 unspecified atom stereocenters. The van der Waals surface area contributed by atoms with E-state index in [4.69, 9.17) is 26.8 Å². The van der Waals surface area contributed by atoms with E-state index in [0.29, 0.717) is 42.6 Å². The quantitative estimate of drug-likeness (QED) is 0.0753. The van der Waals surface area contributed by atoms with Crippen LogP contribution < -0.4 is 27.1 Å². The van der Waals surface area contributed by atoms with Crippen LogP contribution in [0.3, 0.4) is 0 Å². The molecule has 348 valence electrons. The Hall–Kier alpha value is -5.58. The largest absolute Gasteiger partial charge is 0.508 e. The minimum atomic E-state index is -1.18. The topological polar surface area (TPSA) is 210 Å². The van der Waals surface area contributed by atoms with Crippen molar-refractivity contribution in [2.45, 2.75) is 91.4 Å². The van der Waals surface area contributed by atoms with Crippen molar-refractivity contribution < 1.29 is 38.6 Å². The molecule has 2 aromatic carbocycles. The first-order valence-corrected chi connectivity index (χ1v) is 22.4. The molecule has 3 heterocycles. The lowest BCUT2D eigenvalue weighted by Gasteiger charge is -2.36. The van der Waals surface area contributed by atoms with E-state index in [1.165, 1.54) is 17.0 Å². The number of hydrogen-bond donors (Lipinski definition) is 6. The summed E-state index contributed by atoms with van der Waals surface area (Å²) in [6, 6.07) is 7.72. The number of nitrogens with two attached hydrogens (primary N) is 1. The van der Waals surface area contributed by atoms with Gasteiger partial charge < -0.3 is 45.7 Å². The van der Waals surface area contributed by atoms with Gasteiger partial charge in [-0.25, -0.2) is 10.2 Å². The molecule has 1 saturated heterocycles. The number of urea groups is 1. The van der Waals surface area contributed by atoms with Crippen LogP contribution in [0.1, 0.15) is 70.7 Å². The van der Waals surface area contributed by atoms with Crippen LogP contribution in [0, 0.1) is 11.3 Å². The summed E-state index contributed by atoms with van der Waals surface area (Å²) >= 11 is 5.64. The molecule has 7 N–H and O–H groups in total. The number of nitrogens with zero attached hydrogens (tertiary/aromatic N) is 3. The second-order valence-electron chi connectivity index (χ2n) is 17.6. The van der Waals surface area contributed by atoms with Crippen LogP contribution in [0.2, 0.25) is 0 Å². The first-order chi connectivity index (χ1) is 30.4. The fourth-order valence-corrected chi connectivity index (χ4v) is 8.74. The highest BCUT2D eigenvalue weighted by atomic mass is 35.5. The number of hydrazine groups is 1. The van der Waals surface area contributed by atoms with E-state index in [9.17, 15) is 29.1 Å². The lowest BCUT2D eigenvalue weighted by Crippen LogP contribution is -2.62. The number of methoxy groups -OCH3 is 1. The molecule has 0 aliphatic carbocycles. The molecular weight excluding hydrogens is 840 g/mol. The van der Waals surface area contributed by atoms with Gasteiger partial charge >= 0.3 is 12.0 Å². The maximum absolute atomic E-state index is 14.6. The zero-order valence-corrected chi connectivity index (χ0v) is 38.9. The van der Waals surface area contributed by atoms with E-state index in [1.807, 2.05) is 32.0 Å². The molecule has 16 nitrogen and oxygen atoms in total. The SMILES string of the molecule is C=C/C(=C(\N)COC)c1c2c3cc(ccc3n1CC)-c1cc(O)cc(c1)C[C@H](NC(=O)[C@H](C(C)C)N(C)C(=O)CCNC(=O)NCCCl)C(=O)N1CCC[C@H](N1)C(=O)OCC(C)(C)C2. The summed E-state index contributed by atoms with van der Waals surface area (Å²) in [5.41, 5.74) is 15.3. The molecule has 0 radical (unpaired) electrons. The number of phenols is 1. The molecule has 5 rings (SSSR count). The van der Waals surface area contributed by atoms with Gasteiger partial charge in [-0.05, 0) is 78.6 Å². The normalized spacial score (nSPS) is 18.7. The first-order valence-electron chi connectivity index (χ1n) is 21.9. The minimum absolute atomic E-state index is 0.0299. The number of phenolic OH excluding ortho intramolecular Hbond substituents is 1. The maximum atomic E-state index is 14.6. The van der Waals surface area contributed by atoms with Gasteiger partial charge in [0.05, 0.1) is 18.9 Å². The molecular formula is C47H65ClN8O8. The van der Waals surface area contributed by atoms with Gasteiger partial charge in [0.15, 0.2) is 0 Å². The van der Waals surface area contributed by atoms with E-state index in [1.54, 1.807) is 39.2 Å². The second-order valence-corrected chi connectivity index (χ2v) is 18.0. The average Bonchev–Trinajstić information content (AvgIpc) is 3.54. The number of allylic oxidation sites excluding steroid dienone is 2. The summed E-state index contributed by atoms with van der Waals surface area (Å²) in [5, 5.41) is 21.6. The van der Waals surface area contributed by atoms with Crippen molar-refractivity contribution in [1.82, 2.24) is 35.9 Å². The Morgan fingerprint density at radius 3 is 2.55 bits per heavy atom. The van der Waals surface area contributed by atoms with Gasteiger partial charge in [-0.2, -0.15) is 0 Å². The lowest BCUT2D eigenvalue weighted by molar-refractivity contribution is -0.155. The van der Waals surface area contributed by atoms with Gasteiger partial charge in [0.1, 0.15) is 23.9 Å². The highest BCUT2D eigenvalue weighted by Crippen LogP contribution is 2.39. The van der Waals surface area contributed by atoms with Gasteiger partial charge in [-0.15, -0.1) is 11.6 Å². The molecule has 2 aliphatic heterocycles. The van der Waals surface area contributed by atoms with Crippen molar-refractivity contribution in [2.75, 3.05) is 52.9 Å². The molecule has 5 amide bonds. The number of likely N-dealkylation sites (N-methyl/N-ethyl adjacent to an activating group) is 1. The van der Waals surface area contributed by atoms with Crippen LogP contribution in [-0.2, 0) is 48.0 Å². The number of esters is 1. The molecule has 2 aliphatic rings. The number of alkyl halides is 1. The van der Waals surface area contributed by atoms with Crippen LogP contribution in [0.4, 0.5) is 4.79 Å². The van der Waals surface area contributed by atoms with Gasteiger partial charge in [0.2, 0.25) is 11.8 Å². The number of cyclic esters (lactones) is 1. The third kappa shape index (κ3) is 11.8. The van der Waals surface area contributed by atoms with E-state index in [0.717, 1.165) is 33.3 Å². The molecule has 0 saturated carbocycles. The van der Waals surface area contributed by atoms with Crippen molar-refractivity contribution in [3.8, 4) is 16.9 Å². The van der Waals surface area contributed by atoms with E-state index < -0.39 is 47.4 Å². The summed E-state index contributed by atoms with van der Waals surface area (Å²) in [4.78, 5) is 69.4. The van der Waals surface area contributed by atoms with Crippen molar-refractivity contribution >= 4 is 57.8 Å². The standard InChI is InChI=1S/C47H65ClN8O8/c1-9-33(36(49)26-63-8)42-35-25-47(5,6)27-64-45(61)37-12-11-19-56(53-37)44(60)38(52-43(59)41(28(3)4)54(7)40(58)15-17-50-46(62)51-18-16-48)22-29-20-31(23-32(57)21-29)30-13-14-39(34(35)24-30)55(42)10-2/h9,13-14,20-21,23-24,28,37-38,41,53,57H,1,10-12,15-19,22,25-27,49H2,2-8H3,(H,52,59)(H2,50,51,62)/b36-33+/t37-,38-,41-/m0/s1. The van der Waals surface area contributed by atoms with Gasteiger partial charge in [0.25, 0.3) is 5.91 Å². The highest BCUT2D eigenvalue weighted by Gasteiger charge is 2.37. The number of hydrogen-bond acceptors (Lipinski definition) is 10. The van der Waals surface area contributed by atoms with Crippen LogP contribution in [0.15, 0.2) is 54.8 Å². The predicted octanol–water partition coefficient (Wildman–Crippen LogP) is 4.60. The number of halogens is 1. The Balaban J connectivity index is 1.59. The molecule has 17 heteroatoms. The Morgan fingerprint density at radius 2 is 1.88 bits per heavy atom. The zero-order chi connectivity index (χ0) is 46.9. The minimum Gasteiger partial charge on any atom is -0.508 e. The third-order valence-electron chi connectivity index (χ3n) is 11.7. The third-order valence-corrected chi connectivity index (χ3v) is 11.9. The van der Waals surface area contributed by atoms with Gasteiger partial charge in [-0.3, -0.25) is 24.2 Å². The fraction of sp³-hybridized carbons (Fsp3) is 0.511. The summed E-state index contributed by atoms with van der Waals surface area (Å²) in [7, 11) is 3.10. The summed E-state index contributed by atoms with van der Waals surface area (Å²) in [6.45, 7) is 15.3. The summed E-state index contributed by atoms with van der Waals surface area (Å²) in [6.07, 6.45) is 3.04. The Labute approximate surface area is 380 Å². The van der Waals surface area contributed by atoms with Crippen LogP contribution >= 0.6 is 11.6 Å². The number of ether oxygens (including phenoxy) is 2. The number of benzene rings is 2. The van der Waals surface area contributed by atoms with Crippen molar-refractivity contribution in [2.24, 2.45) is 17.1 Å². The average molecular weight is 906 g/mol. The van der Waals surface area contributed by atoms with E-state index in [2.05, 4.69) is 45.5 Å². The second kappa shape index (κ2) is 21.9. The van der Waals surface area contributed by atoms with Crippen molar-refractivity contribution in [3.05, 3.63) is 71.6 Å². The van der Waals surface area contributed by atoms with Crippen molar-refractivity contribution in [3.63, 3.8) is 0 Å². The number of fused-ring (bicyclic) bond motifs is 6. The van der Waals surface area contributed by atoms with Gasteiger partial charge in [0, 0.05) is 86.6 Å². The summed E-state index contributed by atoms with van der Waals surface area (Å²) < 4.78 is 13.7. The fourth-order valence-electron chi connectivity index (χ4n) is 8.65. The Bertz CT molecular complexity index is 2250. The van der Waals surface area contributed by atoms with E-state index >= 15 is 0 Å². The Morgan fingerprint density at radius 1 is 1.14 bits per heavy atom. The van der Waals surface area contributed by atoms with Crippen LogP contribution in [-0.4, -0.2) is 120 Å². The molecule has 3 atom stereocenters. The van der Waals surface area contributed by atoms with Gasteiger partial charge in [-0.1, -0.05) is 52.5 Å². The number of aromatic nitrogens is 1. The Kier molecular flexibility index (Phi) is 16.9. The predicted molar refractivity (Wildman–Crippen MR) is 248 cm³/mol. The molecule has 3 aromatic rings. The molecule has 0 spiro atoms. The molecule has 1 aromatic heterocycles. The zero-order valence-electron chi connectivity index (χ0n) is 38.1. The number of carbonyl (C=O) groups is 5. The number of aryl methyl sites for hydroxylation is 1. The van der Waals surface area contributed by atoms with Crippen LogP contribution in [0.25, 0.3) is 27.6 Å². The van der Waals surface area contributed by atoms with Crippen LogP contribution in [0.5, 0.6) is 5.75 Å². The first kappa shape index (κ1) is 49.4. The number of amides is 5. The number of aromatic hydroxyl groups is 1.